The smallest absolute Gasteiger partial charge is 0.245 e. The highest BCUT2D eigenvalue weighted by atomic mass is 16.5. The van der Waals surface area contributed by atoms with E-state index in [1.54, 1.807) is 0 Å². The average molecular weight is 282 g/mol. The van der Waals surface area contributed by atoms with Crippen molar-refractivity contribution >= 4 is 11.8 Å². The van der Waals surface area contributed by atoms with Gasteiger partial charge in [-0.3, -0.25) is 9.59 Å². The molecular formula is C15H26N2O3. The molecule has 0 radical (unpaired) electrons. The van der Waals surface area contributed by atoms with Crippen LogP contribution in [0, 0.1) is 5.41 Å². The molecule has 20 heavy (non-hydrogen) atoms. The van der Waals surface area contributed by atoms with Crippen molar-refractivity contribution in [1.29, 1.82) is 0 Å². The molecule has 0 aliphatic carbocycles. The summed E-state index contributed by atoms with van der Waals surface area (Å²) in [6, 6.07) is -0.443. The molecular weight excluding hydrogens is 256 g/mol. The Kier molecular flexibility index (Phi) is 4.68. The highest BCUT2D eigenvalue weighted by Gasteiger charge is 2.38. The zero-order chi connectivity index (χ0) is 14.8. The Morgan fingerprint density at radius 1 is 1.30 bits per heavy atom. The van der Waals surface area contributed by atoms with E-state index >= 15 is 0 Å². The lowest BCUT2D eigenvalue weighted by Crippen LogP contribution is -2.53. The summed E-state index contributed by atoms with van der Waals surface area (Å²) in [6.45, 7) is 7.84. The Hall–Kier alpha value is -1.10. The van der Waals surface area contributed by atoms with E-state index in [2.05, 4.69) is 5.32 Å². The van der Waals surface area contributed by atoms with Crippen molar-refractivity contribution in [3.63, 3.8) is 0 Å². The van der Waals surface area contributed by atoms with E-state index in [1.165, 1.54) is 0 Å². The maximum Gasteiger partial charge on any atom is 0.245 e. The van der Waals surface area contributed by atoms with Crippen LogP contribution >= 0.6 is 0 Å². The molecule has 2 aliphatic heterocycles. The van der Waals surface area contributed by atoms with Gasteiger partial charge in [0.15, 0.2) is 0 Å². The van der Waals surface area contributed by atoms with Crippen LogP contribution in [-0.2, 0) is 14.3 Å². The predicted molar refractivity (Wildman–Crippen MR) is 76.2 cm³/mol. The lowest BCUT2D eigenvalue weighted by atomic mass is 9.86. The van der Waals surface area contributed by atoms with Gasteiger partial charge in [0.25, 0.3) is 0 Å². The van der Waals surface area contributed by atoms with Crippen LogP contribution in [0.25, 0.3) is 0 Å². The van der Waals surface area contributed by atoms with Gasteiger partial charge in [-0.2, -0.15) is 0 Å². The monoisotopic (exact) mass is 282 g/mol. The molecule has 2 unspecified atom stereocenters. The summed E-state index contributed by atoms with van der Waals surface area (Å²) < 4.78 is 5.72. The topological polar surface area (TPSA) is 58.6 Å². The first kappa shape index (κ1) is 15.3. The normalized spacial score (nSPS) is 29.1. The van der Waals surface area contributed by atoms with Crippen LogP contribution in [0.5, 0.6) is 0 Å². The minimum Gasteiger partial charge on any atom is -0.376 e. The molecule has 1 N–H and O–H groups in total. The van der Waals surface area contributed by atoms with Crippen molar-refractivity contribution in [2.45, 2.75) is 58.6 Å². The zero-order valence-corrected chi connectivity index (χ0v) is 12.8. The number of rotatable bonds is 2. The Morgan fingerprint density at radius 3 is 2.65 bits per heavy atom. The minimum absolute atomic E-state index is 0.0255. The number of nitrogens with zero attached hydrogens (tertiary/aromatic N) is 1. The SMILES string of the molecule is CC(C)(C)C1NC(=O)CCN(CC2CCCCO2)C1=O. The minimum atomic E-state index is -0.443. The number of ether oxygens (including phenoxy) is 1. The molecule has 5 nitrogen and oxygen atoms in total. The first-order valence-electron chi connectivity index (χ1n) is 7.57. The molecule has 2 atom stereocenters. The fourth-order valence-corrected chi connectivity index (χ4v) is 2.79. The highest BCUT2D eigenvalue weighted by molar-refractivity contribution is 5.90. The number of hydrogen-bond donors (Lipinski definition) is 1. The number of amides is 2. The summed E-state index contributed by atoms with van der Waals surface area (Å²) in [5.41, 5.74) is -0.275. The van der Waals surface area contributed by atoms with Gasteiger partial charge >= 0.3 is 0 Å². The predicted octanol–water partition coefficient (Wildman–Crippen LogP) is 1.32. The zero-order valence-electron chi connectivity index (χ0n) is 12.8. The molecule has 0 bridgehead atoms. The molecule has 0 aromatic heterocycles. The van der Waals surface area contributed by atoms with Gasteiger partial charge in [-0.1, -0.05) is 20.8 Å². The second kappa shape index (κ2) is 6.12. The molecule has 2 amide bonds. The maximum atomic E-state index is 12.7. The second-order valence-corrected chi connectivity index (χ2v) is 6.89. The standard InChI is InChI=1S/C15H26N2O3/c1-15(2,3)13-14(19)17(8-7-12(18)16-13)10-11-6-4-5-9-20-11/h11,13H,4-10H2,1-3H3,(H,16,18). The third kappa shape index (κ3) is 3.72. The average Bonchev–Trinajstić information content (AvgIpc) is 2.52. The van der Waals surface area contributed by atoms with Gasteiger partial charge in [-0.25, -0.2) is 0 Å². The molecule has 2 saturated heterocycles. The van der Waals surface area contributed by atoms with E-state index < -0.39 is 6.04 Å². The van der Waals surface area contributed by atoms with Gasteiger partial charge in [-0.15, -0.1) is 0 Å². The van der Waals surface area contributed by atoms with Crippen LogP contribution in [0.4, 0.5) is 0 Å². The maximum absolute atomic E-state index is 12.7. The third-order valence-electron chi connectivity index (χ3n) is 4.04. The van der Waals surface area contributed by atoms with E-state index in [1.807, 2.05) is 25.7 Å². The summed E-state index contributed by atoms with van der Waals surface area (Å²) in [7, 11) is 0. The third-order valence-corrected chi connectivity index (χ3v) is 4.04. The van der Waals surface area contributed by atoms with Crippen LogP contribution in [0.15, 0.2) is 0 Å². The van der Waals surface area contributed by atoms with Crippen LogP contribution in [0.1, 0.15) is 46.5 Å². The molecule has 2 rings (SSSR count). The van der Waals surface area contributed by atoms with Gasteiger partial charge in [0.2, 0.25) is 11.8 Å². The summed E-state index contributed by atoms with van der Waals surface area (Å²) in [6.07, 6.45) is 3.78. The van der Waals surface area contributed by atoms with Crippen molar-refractivity contribution in [3.05, 3.63) is 0 Å². The highest BCUT2D eigenvalue weighted by Crippen LogP contribution is 2.24. The molecule has 114 valence electrons. The van der Waals surface area contributed by atoms with Crippen LogP contribution in [-0.4, -0.2) is 48.6 Å². The molecule has 2 aliphatic rings. The van der Waals surface area contributed by atoms with E-state index in [-0.39, 0.29) is 23.3 Å². The van der Waals surface area contributed by atoms with Crippen molar-refractivity contribution < 1.29 is 14.3 Å². The molecule has 0 spiro atoms. The fourth-order valence-electron chi connectivity index (χ4n) is 2.79. The van der Waals surface area contributed by atoms with Crippen molar-refractivity contribution in [2.24, 2.45) is 5.41 Å². The first-order valence-corrected chi connectivity index (χ1v) is 7.57. The van der Waals surface area contributed by atoms with Crippen molar-refractivity contribution in [3.8, 4) is 0 Å². The van der Waals surface area contributed by atoms with Crippen LogP contribution in [0.3, 0.4) is 0 Å². The van der Waals surface area contributed by atoms with E-state index in [4.69, 9.17) is 4.74 Å². The Balaban J connectivity index is 2.06. The van der Waals surface area contributed by atoms with Crippen LogP contribution < -0.4 is 5.32 Å². The second-order valence-electron chi connectivity index (χ2n) is 6.89. The van der Waals surface area contributed by atoms with Crippen molar-refractivity contribution in [1.82, 2.24) is 10.2 Å². The van der Waals surface area contributed by atoms with Crippen LogP contribution in [0.2, 0.25) is 0 Å². The van der Waals surface area contributed by atoms with Gasteiger partial charge in [0, 0.05) is 26.1 Å². The lowest BCUT2D eigenvalue weighted by molar-refractivity contribution is -0.138. The number of hydrogen-bond acceptors (Lipinski definition) is 3. The Morgan fingerprint density at radius 2 is 2.05 bits per heavy atom. The number of carbonyl (C=O) groups excluding carboxylic acids is 2. The van der Waals surface area contributed by atoms with E-state index in [0.29, 0.717) is 19.5 Å². The van der Waals surface area contributed by atoms with Gasteiger partial charge < -0.3 is 15.0 Å². The molecule has 0 aromatic carbocycles. The van der Waals surface area contributed by atoms with Gasteiger partial charge in [-0.05, 0) is 24.7 Å². The molecule has 0 aromatic rings. The molecule has 0 saturated carbocycles. The Bertz CT molecular complexity index is 370. The number of nitrogens with one attached hydrogen (secondary N) is 1. The molecule has 5 heteroatoms. The lowest BCUT2D eigenvalue weighted by Gasteiger charge is -2.34. The number of carbonyl (C=O) groups is 2. The van der Waals surface area contributed by atoms with Gasteiger partial charge in [0.05, 0.1) is 6.10 Å². The van der Waals surface area contributed by atoms with E-state index in [0.717, 1.165) is 25.9 Å². The first-order chi connectivity index (χ1) is 9.38. The Labute approximate surface area is 121 Å². The summed E-state index contributed by atoms with van der Waals surface area (Å²) in [5, 5.41) is 2.86. The van der Waals surface area contributed by atoms with E-state index in [9.17, 15) is 9.59 Å². The fraction of sp³-hybridized carbons (Fsp3) is 0.867. The molecule has 2 heterocycles. The quantitative estimate of drug-likeness (QED) is 0.831. The largest absolute Gasteiger partial charge is 0.376 e. The van der Waals surface area contributed by atoms with Crippen molar-refractivity contribution in [2.75, 3.05) is 19.7 Å². The molecule has 2 fully saturated rings. The summed E-state index contributed by atoms with van der Waals surface area (Å²) >= 11 is 0. The summed E-state index contributed by atoms with van der Waals surface area (Å²) in [4.78, 5) is 26.3. The summed E-state index contributed by atoms with van der Waals surface area (Å²) in [5.74, 6) is -0.0112. The van der Waals surface area contributed by atoms with Gasteiger partial charge in [0.1, 0.15) is 6.04 Å².